The monoisotopic (exact) mass is 597 g/mol. The Balaban J connectivity index is 1.12. The number of ether oxygens (including phenoxy) is 1. The summed E-state index contributed by atoms with van der Waals surface area (Å²) < 4.78 is 6.33. The van der Waals surface area contributed by atoms with Crippen LogP contribution in [0.1, 0.15) is 142 Å². The maximum Gasteiger partial charge on any atom is 0.319 e. The van der Waals surface area contributed by atoms with E-state index in [1.165, 1.54) is 114 Å². The second kappa shape index (κ2) is 18.3. The molecule has 4 aliphatic rings. The Morgan fingerprint density at radius 3 is 1.97 bits per heavy atom. The molecule has 39 heavy (non-hydrogen) atoms. The van der Waals surface area contributed by atoms with E-state index in [2.05, 4.69) is 12.2 Å². The molecule has 4 bridgehead atoms. The molecule has 0 saturated heterocycles. The molecule has 1 N–H and O–H groups in total. The summed E-state index contributed by atoms with van der Waals surface area (Å²) in [4.78, 5) is 25.0. The van der Waals surface area contributed by atoms with Gasteiger partial charge in [0.05, 0.1) is 6.61 Å². The van der Waals surface area contributed by atoms with Gasteiger partial charge in [-0.3, -0.25) is 9.59 Å². The first kappa shape index (κ1) is 33.2. The van der Waals surface area contributed by atoms with Crippen molar-refractivity contribution < 1.29 is 14.3 Å². The normalized spacial score (nSPS) is 25.9. The first-order valence-electron chi connectivity index (χ1n) is 16.2. The molecule has 4 fully saturated rings. The van der Waals surface area contributed by atoms with Crippen LogP contribution >= 0.6 is 35.7 Å². The molecule has 0 aromatic rings. The Hall–Kier alpha value is -0.270. The van der Waals surface area contributed by atoms with E-state index in [-0.39, 0.29) is 22.7 Å². The van der Waals surface area contributed by atoms with E-state index in [4.69, 9.17) is 17.0 Å². The highest BCUT2D eigenvalue weighted by atomic mass is 32.2. The van der Waals surface area contributed by atoms with Crippen LogP contribution < -0.4 is 5.32 Å². The predicted octanol–water partition coefficient (Wildman–Crippen LogP) is 9.24. The maximum atomic E-state index is 12.6. The van der Waals surface area contributed by atoms with Gasteiger partial charge in [-0.2, -0.15) is 0 Å². The molecule has 4 rings (SSSR count). The van der Waals surface area contributed by atoms with E-state index in [9.17, 15) is 9.59 Å². The molecular weight excluding hydrogens is 543 g/mol. The van der Waals surface area contributed by atoms with Crippen molar-refractivity contribution >= 4 is 51.1 Å². The summed E-state index contributed by atoms with van der Waals surface area (Å²) in [7, 11) is 0. The fourth-order valence-corrected chi connectivity index (χ4v) is 10.1. The molecule has 4 aliphatic carbocycles. The van der Waals surface area contributed by atoms with Crippen molar-refractivity contribution in [2.45, 2.75) is 153 Å². The SMILES string of the molecule is CCCCCCCCCCCCSC(=S)SC(C)C(=O)OCCCCCC(=O)NC12CC3CC(CC(C3)C1)C2. The molecule has 1 amide bonds. The highest BCUT2D eigenvalue weighted by molar-refractivity contribution is 8.47. The molecule has 224 valence electrons. The molecule has 1 unspecified atom stereocenters. The van der Waals surface area contributed by atoms with Crippen LogP contribution in [-0.2, 0) is 14.3 Å². The number of rotatable bonds is 20. The summed E-state index contributed by atoms with van der Waals surface area (Å²) in [6.45, 7) is 4.58. The third kappa shape index (κ3) is 12.6. The summed E-state index contributed by atoms with van der Waals surface area (Å²) >= 11 is 8.65. The van der Waals surface area contributed by atoms with Crippen LogP contribution in [0, 0.1) is 17.8 Å². The van der Waals surface area contributed by atoms with Gasteiger partial charge in [-0.15, -0.1) is 11.8 Å². The lowest BCUT2D eigenvalue weighted by atomic mass is 9.53. The molecule has 0 aliphatic heterocycles. The number of amides is 1. The molecule has 0 radical (unpaired) electrons. The molecule has 0 aromatic heterocycles. The minimum Gasteiger partial charge on any atom is -0.465 e. The van der Waals surface area contributed by atoms with Gasteiger partial charge >= 0.3 is 5.97 Å². The van der Waals surface area contributed by atoms with Crippen molar-refractivity contribution in [1.82, 2.24) is 5.32 Å². The Labute approximate surface area is 253 Å². The maximum absolute atomic E-state index is 12.6. The van der Waals surface area contributed by atoms with Gasteiger partial charge in [0.25, 0.3) is 0 Å². The van der Waals surface area contributed by atoms with Gasteiger partial charge in [0, 0.05) is 12.0 Å². The minimum absolute atomic E-state index is 0.112. The highest BCUT2D eigenvalue weighted by Gasteiger charge is 2.51. The molecule has 0 aromatic carbocycles. The zero-order chi connectivity index (χ0) is 27.9. The minimum atomic E-state index is -0.260. The van der Waals surface area contributed by atoms with Gasteiger partial charge in [-0.05, 0) is 94.6 Å². The lowest BCUT2D eigenvalue weighted by Crippen LogP contribution is -2.59. The number of carbonyl (C=O) groups excluding carboxylic acids is 2. The fraction of sp³-hybridized carbons (Fsp3) is 0.906. The molecule has 4 nitrogen and oxygen atoms in total. The molecule has 1 atom stereocenters. The largest absolute Gasteiger partial charge is 0.465 e. The number of hydrogen-bond donors (Lipinski definition) is 1. The Morgan fingerprint density at radius 2 is 1.38 bits per heavy atom. The van der Waals surface area contributed by atoms with Crippen LogP contribution in [0.15, 0.2) is 0 Å². The van der Waals surface area contributed by atoms with Crippen LogP contribution in [0.25, 0.3) is 0 Å². The van der Waals surface area contributed by atoms with Crippen molar-refractivity contribution in [3.63, 3.8) is 0 Å². The van der Waals surface area contributed by atoms with Crippen molar-refractivity contribution in [1.29, 1.82) is 0 Å². The second-order valence-corrected chi connectivity index (χ2v) is 16.4. The topological polar surface area (TPSA) is 55.4 Å². The van der Waals surface area contributed by atoms with E-state index in [0.717, 1.165) is 46.3 Å². The fourth-order valence-electron chi connectivity index (χ4n) is 7.45. The molecular formula is C32H55NO3S3. The molecule has 0 spiro atoms. The Morgan fingerprint density at radius 1 is 0.846 bits per heavy atom. The number of hydrogen-bond acceptors (Lipinski definition) is 6. The van der Waals surface area contributed by atoms with E-state index in [1.54, 1.807) is 11.8 Å². The highest BCUT2D eigenvalue weighted by Crippen LogP contribution is 2.55. The standard InChI is InChI=1S/C32H55NO3S3/c1-3-4-5-6-7-8-9-10-11-15-18-38-31(37)39-25(2)30(35)36-17-14-12-13-16-29(34)33-32-22-26-19-27(23-32)21-28(20-26)24-32/h25-28H,3-24H2,1-2H3,(H,33,34). The summed E-state index contributed by atoms with van der Waals surface area (Å²) in [6.07, 6.45) is 24.4. The third-order valence-corrected chi connectivity index (χ3v) is 11.8. The zero-order valence-corrected chi connectivity index (χ0v) is 27.3. The molecule has 7 heteroatoms. The number of nitrogens with one attached hydrogen (secondary N) is 1. The Kier molecular flexibility index (Phi) is 15.6. The van der Waals surface area contributed by atoms with Crippen molar-refractivity contribution in [2.24, 2.45) is 17.8 Å². The number of thiocarbonyl (C=S) groups is 1. The van der Waals surface area contributed by atoms with Crippen LogP contribution in [0.3, 0.4) is 0 Å². The second-order valence-electron chi connectivity index (χ2n) is 12.8. The van der Waals surface area contributed by atoms with Gasteiger partial charge in [0.2, 0.25) is 5.91 Å². The van der Waals surface area contributed by atoms with Gasteiger partial charge in [0.15, 0.2) is 0 Å². The van der Waals surface area contributed by atoms with E-state index in [1.807, 2.05) is 6.92 Å². The van der Waals surface area contributed by atoms with E-state index < -0.39 is 0 Å². The number of esters is 1. The average Bonchev–Trinajstić information content (AvgIpc) is 2.88. The van der Waals surface area contributed by atoms with Crippen LogP contribution in [-0.4, -0.2) is 38.6 Å². The molecule has 4 saturated carbocycles. The van der Waals surface area contributed by atoms with Crippen LogP contribution in [0.5, 0.6) is 0 Å². The van der Waals surface area contributed by atoms with E-state index in [0.29, 0.717) is 13.0 Å². The van der Waals surface area contributed by atoms with Gasteiger partial charge < -0.3 is 10.1 Å². The van der Waals surface area contributed by atoms with E-state index >= 15 is 0 Å². The van der Waals surface area contributed by atoms with Crippen molar-refractivity contribution in [3.8, 4) is 0 Å². The number of unbranched alkanes of at least 4 members (excludes halogenated alkanes) is 11. The van der Waals surface area contributed by atoms with Crippen LogP contribution in [0.4, 0.5) is 0 Å². The lowest BCUT2D eigenvalue weighted by Gasteiger charge is -2.56. The molecule has 0 heterocycles. The van der Waals surface area contributed by atoms with Crippen molar-refractivity contribution in [3.05, 3.63) is 0 Å². The van der Waals surface area contributed by atoms with Gasteiger partial charge in [-0.1, -0.05) is 88.7 Å². The van der Waals surface area contributed by atoms with Crippen LogP contribution in [0.2, 0.25) is 0 Å². The first-order valence-corrected chi connectivity index (χ1v) is 18.5. The predicted molar refractivity (Wildman–Crippen MR) is 172 cm³/mol. The zero-order valence-electron chi connectivity index (χ0n) is 24.8. The lowest BCUT2D eigenvalue weighted by molar-refractivity contribution is -0.142. The Bertz CT molecular complexity index is 724. The third-order valence-electron chi connectivity index (χ3n) is 9.06. The smallest absolute Gasteiger partial charge is 0.319 e. The van der Waals surface area contributed by atoms with Gasteiger partial charge in [-0.25, -0.2) is 0 Å². The average molecular weight is 598 g/mol. The first-order chi connectivity index (χ1) is 18.9. The summed E-state index contributed by atoms with van der Waals surface area (Å²) in [5.41, 5.74) is 0.112. The summed E-state index contributed by atoms with van der Waals surface area (Å²) in [5, 5.41) is 3.20. The van der Waals surface area contributed by atoms with Gasteiger partial charge in [0.1, 0.15) is 8.78 Å². The van der Waals surface area contributed by atoms with Crippen molar-refractivity contribution in [2.75, 3.05) is 12.4 Å². The quantitative estimate of drug-likeness (QED) is 0.0857. The summed E-state index contributed by atoms with van der Waals surface area (Å²) in [6, 6.07) is 0. The number of carbonyl (C=O) groups is 2. The number of thioether (sulfide) groups is 2. The summed E-state index contributed by atoms with van der Waals surface area (Å²) in [5.74, 6) is 3.64.